The Kier molecular flexibility index (Phi) is 11.7. The number of carbonyl (C=O) groups excluding carboxylic acids is 2. The Bertz CT molecular complexity index is 2900. The summed E-state index contributed by atoms with van der Waals surface area (Å²) in [7, 11) is 0. The number of aromatic hydroxyl groups is 1. The van der Waals surface area contributed by atoms with Crippen molar-refractivity contribution in [3.8, 4) is 23.0 Å². The average Bonchev–Trinajstić information content (AvgIpc) is 4.03. The number of alkyl halides is 1. The third-order valence-electron chi connectivity index (χ3n) is 17.1. The number of fused-ring (bicyclic) bond motifs is 4. The molecule has 3 N–H and O–H groups in total. The lowest BCUT2D eigenvalue weighted by atomic mass is 9.55. The molecule has 2 aliphatic carbocycles. The number of benzene rings is 3. The number of ether oxygens (including phenoxy) is 1. The number of hydrogen-bond acceptors (Lipinski definition) is 12. The van der Waals surface area contributed by atoms with Crippen molar-refractivity contribution in [1.29, 1.82) is 0 Å². The summed E-state index contributed by atoms with van der Waals surface area (Å²) in [6, 6.07) is 12.5. The molecule has 13 nitrogen and oxygen atoms in total. The zero-order chi connectivity index (χ0) is 48.8. The molecule has 2 aromatic heterocycles. The Hall–Kier alpha value is -5.65. The Morgan fingerprint density at radius 3 is 2.25 bits per heavy atom. The monoisotopic (exact) mass is 975 g/mol. The first-order valence-electron chi connectivity index (χ1n) is 25.7. The summed E-state index contributed by atoms with van der Waals surface area (Å²) in [6.07, 6.45) is 9.59. The number of pyridine rings is 1. The highest BCUT2D eigenvalue weighted by atomic mass is 19.1. The molecule has 7 fully saturated rings. The first-order valence-corrected chi connectivity index (χ1v) is 25.7. The lowest BCUT2D eigenvalue weighted by molar-refractivity contribution is -0.134. The van der Waals surface area contributed by atoms with E-state index in [4.69, 9.17) is 19.7 Å². The van der Waals surface area contributed by atoms with Gasteiger partial charge in [-0.1, -0.05) is 25.1 Å². The van der Waals surface area contributed by atoms with Gasteiger partial charge in [-0.25, -0.2) is 17.6 Å². The van der Waals surface area contributed by atoms with Crippen molar-refractivity contribution < 1.29 is 37.0 Å². The first kappa shape index (κ1) is 46.4. The fourth-order valence-corrected chi connectivity index (χ4v) is 13.2. The fraction of sp³-hybridized carbons (Fsp3) is 0.537. The second-order valence-electron chi connectivity index (χ2n) is 22.1. The van der Waals surface area contributed by atoms with Crippen molar-refractivity contribution in [2.24, 2.45) is 10.8 Å². The minimum atomic E-state index is -1.27. The van der Waals surface area contributed by atoms with E-state index in [1.165, 1.54) is 12.1 Å². The van der Waals surface area contributed by atoms with E-state index < -0.39 is 40.9 Å². The molecule has 3 unspecified atom stereocenters. The number of phenols is 1. The molecule has 1 spiro atoms. The quantitative estimate of drug-likeness (QED) is 0.0841. The highest BCUT2D eigenvalue weighted by Crippen LogP contribution is 2.58. The van der Waals surface area contributed by atoms with Crippen molar-refractivity contribution in [3.63, 3.8) is 0 Å². The number of rotatable bonds is 12. The maximum atomic E-state index is 17.2. The van der Waals surface area contributed by atoms with E-state index in [-0.39, 0.29) is 52.2 Å². The summed E-state index contributed by atoms with van der Waals surface area (Å²) in [5.41, 5.74) is 0.541. The van der Waals surface area contributed by atoms with Gasteiger partial charge in [0.15, 0.2) is 5.82 Å². The lowest BCUT2D eigenvalue weighted by Gasteiger charge is -2.57. The molecule has 2 bridgehead atoms. The van der Waals surface area contributed by atoms with Gasteiger partial charge in [0.25, 0.3) is 0 Å². The zero-order valence-electron chi connectivity index (χ0n) is 40.2. The number of piperazine rings is 2. The number of amides is 2. The van der Waals surface area contributed by atoms with Crippen molar-refractivity contribution >= 4 is 45.0 Å². The van der Waals surface area contributed by atoms with Crippen LogP contribution in [-0.2, 0) is 16.0 Å². The molecule has 7 aliphatic rings. The summed E-state index contributed by atoms with van der Waals surface area (Å²) in [5, 5.41) is 18.8. The molecular weight excluding hydrogens is 915 g/mol. The number of nitrogens with zero attached hydrogens (tertiary/aromatic N) is 7. The van der Waals surface area contributed by atoms with E-state index >= 15 is 17.6 Å². The zero-order valence-corrected chi connectivity index (χ0v) is 40.2. The molecule has 5 aliphatic heterocycles. The van der Waals surface area contributed by atoms with Gasteiger partial charge in [0.05, 0.1) is 17.9 Å². The van der Waals surface area contributed by atoms with Gasteiger partial charge in [-0.2, -0.15) is 9.97 Å². The number of hydrogen-bond donors (Lipinski definition) is 3. The van der Waals surface area contributed by atoms with Crippen LogP contribution in [0.25, 0.3) is 32.9 Å². The standard InChI is InChI=1S/C54H61F4N9O4/c1-2-32-4-3-5-33-20-37(68)23-39(44(32)33)47-46(57)48-40(24-59-47)49(67-25-34-6-7-35(26-67)60-34)63-51(62-48)71-31-53(10-11-53)29-64-14-12-52(13-15-64)27-54(58,28-52)30-65-16-18-66(19-17-65)36-21-41(55)45(42(56)22-36)38-8-9-43(69)61-50(38)70/h3-5,20-24,34-35,38,60,68H,2,6-19,25-31H2,1H3,(H,61,69,70). The smallest absolute Gasteiger partial charge is 0.319 e. The van der Waals surface area contributed by atoms with Crippen molar-refractivity contribution in [2.45, 2.75) is 101 Å². The number of aromatic nitrogens is 3. The molecule has 5 aromatic rings. The van der Waals surface area contributed by atoms with Crippen molar-refractivity contribution in [2.75, 3.05) is 81.9 Å². The predicted molar refractivity (Wildman–Crippen MR) is 262 cm³/mol. The number of carbonyl (C=O) groups is 2. The van der Waals surface area contributed by atoms with Crippen molar-refractivity contribution in [1.82, 2.24) is 35.4 Å². The first-order chi connectivity index (χ1) is 34.2. The van der Waals surface area contributed by atoms with Crippen molar-refractivity contribution in [3.05, 3.63) is 77.2 Å². The Morgan fingerprint density at radius 2 is 1.56 bits per heavy atom. The summed E-state index contributed by atoms with van der Waals surface area (Å²) in [4.78, 5) is 47.1. The van der Waals surface area contributed by atoms with E-state index in [0.717, 1.165) is 94.0 Å². The molecule has 2 amide bonds. The number of halogens is 4. The molecule has 71 heavy (non-hydrogen) atoms. The van der Waals surface area contributed by atoms with Gasteiger partial charge in [0.2, 0.25) is 11.8 Å². The van der Waals surface area contributed by atoms with Crippen LogP contribution < -0.4 is 25.2 Å². The van der Waals surface area contributed by atoms with Gasteiger partial charge in [0.1, 0.15) is 40.1 Å². The maximum Gasteiger partial charge on any atom is 0.319 e. The number of nitrogens with one attached hydrogen (secondary N) is 2. The topological polar surface area (TPSA) is 139 Å². The molecule has 5 saturated heterocycles. The second-order valence-corrected chi connectivity index (χ2v) is 22.1. The van der Waals surface area contributed by atoms with E-state index in [1.807, 2.05) is 23.1 Å². The van der Waals surface area contributed by atoms with Crippen LogP contribution in [0.4, 0.5) is 29.1 Å². The van der Waals surface area contributed by atoms with Crippen LogP contribution in [0, 0.1) is 28.3 Å². The third kappa shape index (κ3) is 8.83. The van der Waals surface area contributed by atoms with E-state index in [2.05, 4.69) is 32.3 Å². The summed E-state index contributed by atoms with van der Waals surface area (Å²) >= 11 is 0. The average molecular weight is 976 g/mol. The molecule has 2 saturated carbocycles. The number of imide groups is 1. The van der Waals surface area contributed by atoms with Gasteiger partial charge in [0, 0.05) is 99.3 Å². The SMILES string of the molecule is CCc1cccc2cc(O)cc(-c3ncc4c(N5CC6CCC(C5)N6)nc(OCC5(CN6CCC7(CC6)CC(F)(CN6CCN(c8cc(F)c(C9CCC(=O)NC9=O)c(F)c8)CC6)C7)CC5)nc4c3F)c12. The lowest BCUT2D eigenvalue weighted by Crippen LogP contribution is -2.60. The normalized spacial score (nSPS) is 24.9. The van der Waals surface area contributed by atoms with Gasteiger partial charge >= 0.3 is 6.01 Å². The number of aryl methyl sites for hydroxylation is 1. The number of anilines is 2. The van der Waals surface area contributed by atoms with Gasteiger partial charge in [-0.3, -0.25) is 24.8 Å². The molecule has 374 valence electrons. The molecule has 17 heteroatoms. The molecule has 3 atom stereocenters. The summed E-state index contributed by atoms with van der Waals surface area (Å²) in [6.45, 7) is 9.05. The van der Waals surface area contributed by atoms with Crippen LogP contribution in [-0.4, -0.2) is 131 Å². The van der Waals surface area contributed by atoms with Gasteiger partial charge < -0.3 is 29.9 Å². The maximum absolute atomic E-state index is 17.2. The second kappa shape index (κ2) is 17.8. The minimum absolute atomic E-state index is 0.0148. The number of piperidine rings is 2. The molecule has 0 radical (unpaired) electrons. The van der Waals surface area contributed by atoms with Crippen LogP contribution in [0.5, 0.6) is 11.8 Å². The van der Waals surface area contributed by atoms with E-state index in [9.17, 15) is 14.7 Å². The largest absolute Gasteiger partial charge is 0.508 e. The molecule has 7 heterocycles. The highest BCUT2D eigenvalue weighted by molar-refractivity contribution is 6.02. The summed E-state index contributed by atoms with van der Waals surface area (Å²) in [5.74, 6) is -3.69. The van der Waals surface area contributed by atoms with E-state index in [1.54, 1.807) is 18.3 Å². The highest BCUT2D eigenvalue weighted by Gasteiger charge is 2.57. The Labute approximate surface area is 410 Å². The van der Waals surface area contributed by atoms with Crippen LogP contribution in [0.2, 0.25) is 0 Å². The van der Waals surface area contributed by atoms with Crippen LogP contribution >= 0.6 is 0 Å². The molecule has 12 rings (SSSR count). The summed E-state index contributed by atoms with van der Waals surface area (Å²) < 4.78 is 70.7. The van der Waals surface area contributed by atoms with Gasteiger partial charge in [-0.15, -0.1) is 0 Å². The number of phenolic OH excluding ortho intramolecular Hbond substituents is 1. The predicted octanol–water partition coefficient (Wildman–Crippen LogP) is 7.56. The third-order valence-corrected chi connectivity index (χ3v) is 17.1. The van der Waals surface area contributed by atoms with Crippen LogP contribution in [0.1, 0.15) is 88.2 Å². The Balaban J connectivity index is 0.676. The van der Waals surface area contributed by atoms with Crippen LogP contribution in [0.3, 0.4) is 0 Å². The molecular formula is C54H61F4N9O4. The molecule has 3 aromatic carbocycles. The van der Waals surface area contributed by atoms with Gasteiger partial charge in [-0.05, 0) is 123 Å². The number of likely N-dealkylation sites (tertiary alicyclic amines) is 1. The van der Waals surface area contributed by atoms with Crippen LogP contribution in [0.15, 0.2) is 48.7 Å². The minimum Gasteiger partial charge on any atom is -0.508 e. The van der Waals surface area contributed by atoms with E-state index in [0.29, 0.717) is 86.7 Å². The Morgan fingerprint density at radius 1 is 0.845 bits per heavy atom. The fourth-order valence-electron chi connectivity index (χ4n) is 13.2.